The van der Waals surface area contributed by atoms with Crippen molar-refractivity contribution in [2.45, 2.75) is 9.12 Å². The maximum Gasteiger partial charge on any atom is 0.171 e. The lowest BCUT2D eigenvalue weighted by Crippen LogP contribution is -2.75. The van der Waals surface area contributed by atoms with Crippen LogP contribution in [0.4, 0.5) is 0 Å². The van der Waals surface area contributed by atoms with E-state index < -0.39 is 8.07 Å². The molecule has 0 nitrogen and oxygen atoms in total. The lowest BCUT2D eigenvalue weighted by atomic mass is 9.85. The van der Waals surface area contributed by atoms with Crippen molar-refractivity contribution in [2.75, 3.05) is 0 Å². The molecule has 2 heteroatoms. The van der Waals surface area contributed by atoms with Crippen LogP contribution in [-0.2, 0) is 9.12 Å². The standard InChI is InChI=1S/C38H30SSi/c1-7-19-31(20-8-1)37(32-21-9-2-10-22-32)38(39-37,33-23-11-3-12-24-33)40(34-25-13-4-14-26-34,35-27-15-5-16-28-35)36-29-17-6-18-30-36/h1-30H. The van der Waals surface area contributed by atoms with Gasteiger partial charge >= 0.3 is 0 Å². The molecule has 0 N–H and O–H groups in total. The summed E-state index contributed by atoms with van der Waals surface area (Å²) in [4.78, 5) is 0. The third-order valence-electron chi connectivity index (χ3n) is 8.45. The van der Waals surface area contributed by atoms with Crippen LogP contribution >= 0.6 is 11.8 Å². The van der Waals surface area contributed by atoms with Crippen molar-refractivity contribution in [1.82, 2.24) is 0 Å². The summed E-state index contributed by atoms with van der Waals surface area (Å²) in [5.74, 6) is 0. The van der Waals surface area contributed by atoms with Crippen molar-refractivity contribution in [3.8, 4) is 0 Å². The summed E-state index contributed by atoms with van der Waals surface area (Å²) in [7, 11) is -2.82. The average Bonchev–Trinajstić information content (AvgIpc) is 3.77. The van der Waals surface area contributed by atoms with Crippen molar-refractivity contribution in [2.24, 2.45) is 0 Å². The molecule has 1 atom stereocenters. The molecule has 1 aliphatic heterocycles. The molecule has 6 aromatic carbocycles. The minimum absolute atomic E-state index is 0.256. The Bertz CT molecular complexity index is 1550. The summed E-state index contributed by atoms with van der Waals surface area (Å²) in [5, 5.41) is 4.28. The van der Waals surface area contributed by atoms with Gasteiger partial charge in [-0.15, -0.1) is 11.8 Å². The molecule has 1 fully saturated rings. The van der Waals surface area contributed by atoms with E-state index in [1.807, 2.05) is 0 Å². The van der Waals surface area contributed by atoms with E-state index >= 15 is 0 Å². The highest BCUT2D eigenvalue weighted by atomic mass is 32.2. The summed E-state index contributed by atoms with van der Waals surface area (Å²) in [6.45, 7) is 0. The van der Waals surface area contributed by atoms with Crippen LogP contribution in [0.2, 0.25) is 0 Å². The van der Waals surface area contributed by atoms with Gasteiger partial charge in [0.05, 0.1) is 9.12 Å². The van der Waals surface area contributed by atoms with Crippen LogP contribution in [0.15, 0.2) is 182 Å². The molecule has 0 radical (unpaired) electrons. The largest absolute Gasteiger partial charge is 0.171 e. The number of hydrogen-bond acceptors (Lipinski definition) is 1. The van der Waals surface area contributed by atoms with E-state index in [0.717, 1.165) is 0 Å². The molecule has 192 valence electrons. The first-order valence-electron chi connectivity index (χ1n) is 13.9. The van der Waals surface area contributed by atoms with E-state index in [9.17, 15) is 0 Å². The Kier molecular flexibility index (Phi) is 6.30. The van der Waals surface area contributed by atoms with Gasteiger partial charge < -0.3 is 0 Å². The number of thioether (sulfide) groups is 1. The van der Waals surface area contributed by atoms with Crippen LogP contribution < -0.4 is 15.6 Å². The summed E-state index contributed by atoms with van der Waals surface area (Å²) >= 11 is 2.14. The first-order valence-corrected chi connectivity index (χ1v) is 16.7. The van der Waals surface area contributed by atoms with Gasteiger partial charge in [-0.3, -0.25) is 0 Å². The van der Waals surface area contributed by atoms with Crippen molar-refractivity contribution in [1.29, 1.82) is 0 Å². The molecular formula is C38H30SSi. The molecule has 0 aliphatic carbocycles. The maximum absolute atomic E-state index is 2.82. The second kappa shape index (κ2) is 10.1. The summed E-state index contributed by atoms with van der Waals surface area (Å²) in [6, 6.07) is 67.8. The Labute approximate surface area is 242 Å². The van der Waals surface area contributed by atoms with Crippen LogP contribution in [0.1, 0.15) is 16.7 Å². The number of benzene rings is 6. The van der Waals surface area contributed by atoms with Crippen molar-refractivity contribution < 1.29 is 0 Å². The smallest absolute Gasteiger partial charge is 0.132 e. The van der Waals surface area contributed by atoms with E-state index in [1.54, 1.807) is 0 Å². The maximum atomic E-state index is 2.39. The molecule has 40 heavy (non-hydrogen) atoms. The molecular weight excluding hydrogens is 517 g/mol. The zero-order chi connectivity index (χ0) is 26.9. The molecule has 0 aromatic heterocycles. The molecule has 0 amide bonds. The monoisotopic (exact) mass is 546 g/mol. The van der Waals surface area contributed by atoms with Gasteiger partial charge in [0.25, 0.3) is 0 Å². The lowest BCUT2D eigenvalue weighted by molar-refractivity contribution is 0.752. The van der Waals surface area contributed by atoms with Gasteiger partial charge in [-0.05, 0) is 32.3 Å². The second-order valence-corrected chi connectivity index (χ2v) is 16.2. The van der Waals surface area contributed by atoms with E-state index in [2.05, 4.69) is 194 Å². The van der Waals surface area contributed by atoms with Gasteiger partial charge in [0.1, 0.15) is 0 Å². The molecule has 1 unspecified atom stereocenters. The predicted octanol–water partition coefficient (Wildman–Crippen LogP) is 7.28. The van der Waals surface area contributed by atoms with E-state index in [1.165, 1.54) is 32.3 Å². The van der Waals surface area contributed by atoms with Gasteiger partial charge in [-0.2, -0.15) is 0 Å². The fourth-order valence-corrected chi connectivity index (χ4v) is 16.7. The van der Waals surface area contributed by atoms with Crippen LogP contribution in [0, 0.1) is 0 Å². The highest BCUT2D eigenvalue weighted by Crippen LogP contribution is 2.80. The van der Waals surface area contributed by atoms with E-state index in [4.69, 9.17) is 0 Å². The summed E-state index contributed by atoms with van der Waals surface area (Å²) in [5.41, 5.74) is 4.10. The SMILES string of the molecule is c1ccc(C2(c3ccccc3)SC2(c2ccccc2)[Si](c2ccccc2)(c2ccccc2)c2ccccc2)cc1. The predicted molar refractivity (Wildman–Crippen MR) is 173 cm³/mol. The van der Waals surface area contributed by atoms with Gasteiger partial charge in [0.15, 0.2) is 8.07 Å². The Morgan fingerprint density at radius 2 is 0.600 bits per heavy atom. The highest BCUT2D eigenvalue weighted by molar-refractivity contribution is 8.11. The van der Waals surface area contributed by atoms with Crippen LogP contribution in [-0.4, -0.2) is 8.07 Å². The Morgan fingerprint density at radius 1 is 0.325 bits per heavy atom. The van der Waals surface area contributed by atoms with Gasteiger partial charge in [0, 0.05) is 0 Å². The van der Waals surface area contributed by atoms with E-state index in [0.29, 0.717) is 0 Å². The van der Waals surface area contributed by atoms with Crippen LogP contribution in [0.3, 0.4) is 0 Å². The third-order valence-corrected chi connectivity index (χ3v) is 16.9. The third kappa shape index (κ3) is 3.53. The highest BCUT2D eigenvalue weighted by Gasteiger charge is 2.81. The molecule has 1 heterocycles. The van der Waals surface area contributed by atoms with Crippen molar-refractivity contribution in [3.05, 3.63) is 199 Å². The van der Waals surface area contributed by atoms with Crippen molar-refractivity contribution in [3.63, 3.8) is 0 Å². The minimum atomic E-state index is -2.82. The fourth-order valence-electron chi connectivity index (χ4n) is 6.91. The normalized spacial score (nSPS) is 17.7. The fraction of sp³-hybridized carbons (Fsp3) is 0.0526. The Hall–Kier alpha value is -4.11. The zero-order valence-corrected chi connectivity index (χ0v) is 24.0. The topological polar surface area (TPSA) is 0 Å². The molecule has 1 aliphatic rings. The van der Waals surface area contributed by atoms with Gasteiger partial charge in [0.2, 0.25) is 0 Å². The average molecular weight is 547 g/mol. The van der Waals surface area contributed by atoms with E-state index in [-0.39, 0.29) is 9.12 Å². The summed E-state index contributed by atoms with van der Waals surface area (Å²) < 4.78 is -0.529. The minimum Gasteiger partial charge on any atom is -0.132 e. The second-order valence-electron chi connectivity index (χ2n) is 10.4. The van der Waals surface area contributed by atoms with Gasteiger partial charge in [-0.25, -0.2) is 0 Å². The lowest BCUT2D eigenvalue weighted by Gasteiger charge is -2.43. The molecule has 0 spiro atoms. The first-order chi connectivity index (χ1) is 19.8. The summed E-state index contributed by atoms with van der Waals surface area (Å²) in [6.07, 6.45) is 0. The first kappa shape index (κ1) is 24.9. The molecule has 0 bridgehead atoms. The van der Waals surface area contributed by atoms with Gasteiger partial charge in [-0.1, -0.05) is 182 Å². The zero-order valence-electron chi connectivity index (χ0n) is 22.2. The quantitative estimate of drug-likeness (QED) is 0.115. The number of hydrogen-bond donors (Lipinski definition) is 0. The van der Waals surface area contributed by atoms with Crippen molar-refractivity contribution >= 4 is 35.4 Å². The van der Waals surface area contributed by atoms with Crippen LogP contribution in [0.25, 0.3) is 0 Å². The Balaban J connectivity index is 1.70. The molecule has 1 saturated heterocycles. The number of rotatable bonds is 7. The Morgan fingerprint density at radius 3 is 0.925 bits per heavy atom. The van der Waals surface area contributed by atoms with Crippen LogP contribution in [0.5, 0.6) is 0 Å². The molecule has 7 rings (SSSR count). The molecule has 0 saturated carbocycles. The molecule has 6 aromatic rings.